The van der Waals surface area contributed by atoms with E-state index in [1.54, 1.807) is 0 Å². The monoisotopic (exact) mass is 299 g/mol. The van der Waals surface area contributed by atoms with Gasteiger partial charge >= 0.3 is 12.0 Å². The number of hydrogen-bond donors (Lipinski definition) is 3. The van der Waals surface area contributed by atoms with Gasteiger partial charge in [0.1, 0.15) is 0 Å². The first-order valence-corrected chi connectivity index (χ1v) is 6.01. The number of esters is 1. The molecule has 0 aliphatic heterocycles. The summed E-state index contributed by atoms with van der Waals surface area (Å²) in [5.74, 6) is -1.56. The van der Waals surface area contributed by atoms with E-state index in [0.717, 1.165) is 0 Å². The Hall–Kier alpha value is -2.28. The summed E-state index contributed by atoms with van der Waals surface area (Å²) in [5.41, 5.74) is 5.93. The maximum Gasteiger partial charge on any atom is 0.340 e. The quantitative estimate of drug-likeness (QED) is 0.568. The van der Waals surface area contributed by atoms with Gasteiger partial charge in [-0.05, 0) is 25.1 Å². The van der Waals surface area contributed by atoms with Crippen LogP contribution in [0.3, 0.4) is 0 Å². The van der Waals surface area contributed by atoms with Crippen molar-refractivity contribution >= 4 is 35.2 Å². The smallest absolute Gasteiger partial charge is 0.340 e. The first-order chi connectivity index (χ1) is 9.35. The molecular formula is C12H14ClN3O4. The molecule has 0 fully saturated rings. The number of nitrogens with one attached hydrogen (secondary N) is 2. The lowest BCUT2D eigenvalue weighted by atomic mass is 10.2. The third-order valence-corrected chi connectivity index (χ3v) is 2.66. The molecule has 0 aromatic heterocycles. The zero-order valence-electron chi connectivity index (χ0n) is 10.9. The van der Waals surface area contributed by atoms with Crippen molar-refractivity contribution in [2.24, 2.45) is 0 Å². The SMILES string of the molecule is CNC(=O)NC(=O)C(C)OC(=O)c1cc(N)ccc1Cl. The molecule has 0 aliphatic carbocycles. The Bertz CT molecular complexity index is 548. The standard InChI is InChI=1S/C12H14ClN3O4/c1-6(10(17)16-12(19)15-2)20-11(18)8-5-7(14)3-4-9(8)13/h3-6H,14H2,1-2H3,(H2,15,16,17,19). The van der Waals surface area contributed by atoms with Crippen LogP contribution in [0, 0.1) is 0 Å². The number of urea groups is 1. The Morgan fingerprint density at radius 1 is 1.35 bits per heavy atom. The van der Waals surface area contributed by atoms with Crippen LogP contribution >= 0.6 is 11.6 Å². The number of imide groups is 1. The highest BCUT2D eigenvalue weighted by Gasteiger charge is 2.21. The molecule has 0 saturated carbocycles. The highest BCUT2D eigenvalue weighted by atomic mass is 35.5. The van der Waals surface area contributed by atoms with E-state index >= 15 is 0 Å². The summed E-state index contributed by atoms with van der Waals surface area (Å²) in [7, 11) is 1.35. The minimum atomic E-state index is -1.16. The van der Waals surface area contributed by atoms with Crippen LogP contribution in [0.1, 0.15) is 17.3 Å². The summed E-state index contributed by atoms with van der Waals surface area (Å²) in [6.45, 7) is 1.33. The fourth-order valence-corrected chi connectivity index (χ4v) is 1.45. The van der Waals surface area contributed by atoms with Crippen LogP contribution in [0.5, 0.6) is 0 Å². The van der Waals surface area contributed by atoms with Crippen molar-refractivity contribution in [1.29, 1.82) is 0 Å². The van der Waals surface area contributed by atoms with Crippen molar-refractivity contribution in [3.8, 4) is 0 Å². The lowest BCUT2D eigenvalue weighted by Crippen LogP contribution is -2.43. The van der Waals surface area contributed by atoms with Crippen LogP contribution < -0.4 is 16.4 Å². The molecule has 3 amide bonds. The first-order valence-electron chi connectivity index (χ1n) is 5.63. The first kappa shape index (κ1) is 15.8. The van der Waals surface area contributed by atoms with E-state index in [1.807, 2.05) is 5.32 Å². The minimum Gasteiger partial charge on any atom is -0.449 e. The summed E-state index contributed by atoms with van der Waals surface area (Å²) in [6.07, 6.45) is -1.16. The van der Waals surface area contributed by atoms with E-state index < -0.39 is 24.0 Å². The van der Waals surface area contributed by atoms with Gasteiger partial charge in [0.05, 0.1) is 10.6 Å². The van der Waals surface area contributed by atoms with Gasteiger partial charge in [-0.2, -0.15) is 0 Å². The number of nitrogens with two attached hydrogens (primary N) is 1. The van der Waals surface area contributed by atoms with Crippen molar-refractivity contribution in [3.05, 3.63) is 28.8 Å². The molecule has 1 unspecified atom stereocenters. The molecule has 0 bridgehead atoms. The molecular weight excluding hydrogens is 286 g/mol. The van der Waals surface area contributed by atoms with E-state index in [4.69, 9.17) is 22.1 Å². The number of nitrogen functional groups attached to an aromatic ring is 1. The van der Waals surface area contributed by atoms with Crippen LogP contribution in [-0.2, 0) is 9.53 Å². The molecule has 1 atom stereocenters. The van der Waals surface area contributed by atoms with Gasteiger partial charge in [0, 0.05) is 12.7 Å². The number of halogens is 1. The lowest BCUT2D eigenvalue weighted by Gasteiger charge is -2.13. The predicted molar refractivity (Wildman–Crippen MR) is 73.3 cm³/mol. The summed E-state index contributed by atoms with van der Waals surface area (Å²) in [4.78, 5) is 34.3. The molecule has 20 heavy (non-hydrogen) atoms. The molecule has 7 nitrogen and oxygen atoms in total. The van der Waals surface area contributed by atoms with Gasteiger partial charge in [-0.25, -0.2) is 9.59 Å². The van der Waals surface area contributed by atoms with E-state index in [0.29, 0.717) is 5.69 Å². The molecule has 1 rings (SSSR count). The minimum absolute atomic E-state index is 0.0475. The van der Waals surface area contributed by atoms with Gasteiger partial charge in [0.15, 0.2) is 6.10 Å². The highest BCUT2D eigenvalue weighted by Crippen LogP contribution is 2.20. The van der Waals surface area contributed by atoms with Gasteiger partial charge in [0.25, 0.3) is 5.91 Å². The molecule has 108 valence electrons. The van der Waals surface area contributed by atoms with Crippen LogP contribution in [0.15, 0.2) is 18.2 Å². The number of rotatable bonds is 3. The number of carbonyl (C=O) groups is 3. The van der Waals surface area contributed by atoms with Gasteiger partial charge in [0.2, 0.25) is 0 Å². The Labute approximate surface area is 120 Å². The van der Waals surface area contributed by atoms with E-state index in [2.05, 4.69) is 5.32 Å². The predicted octanol–water partition coefficient (Wildman–Crippen LogP) is 0.923. The zero-order chi connectivity index (χ0) is 15.3. The summed E-state index contributed by atoms with van der Waals surface area (Å²) >= 11 is 5.84. The molecule has 0 spiro atoms. The van der Waals surface area contributed by atoms with E-state index in [-0.39, 0.29) is 10.6 Å². The fraction of sp³-hybridized carbons (Fsp3) is 0.250. The summed E-state index contributed by atoms with van der Waals surface area (Å²) in [5, 5.41) is 4.35. The Morgan fingerprint density at radius 2 is 2.00 bits per heavy atom. The molecule has 0 aliphatic rings. The normalized spacial score (nSPS) is 11.3. The fourth-order valence-electron chi connectivity index (χ4n) is 1.25. The second-order valence-corrected chi connectivity index (χ2v) is 4.26. The molecule has 8 heteroatoms. The van der Waals surface area contributed by atoms with Gasteiger partial charge in [-0.15, -0.1) is 0 Å². The average molecular weight is 300 g/mol. The Morgan fingerprint density at radius 3 is 2.60 bits per heavy atom. The largest absolute Gasteiger partial charge is 0.449 e. The maximum atomic E-state index is 11.8. The summed E-state index contributed by atoms with van der Waals surface area (Å²) in [6, 6.07) is 3.62. The summed E-state index contributed by atoms with van der Waals surface area (Å²) < 4.78 is 4.91. The third kappa shape index (κ3) is 4.13. The average Bonchev–Trinajstić information content (AvgIpc) is 2.40. The second kappa shape index (κ2) is 6.76. The van der Waals surface area contributed by atoms with Crippen molar-refractivity contribution in [1.82, 2.24) is 10.6 Å². The number of ether oxygens (including phenoxy) is 1. The molecule has 4 N–H and O–H groups in total. The van der Waals surface area contributed by atoms with Crippen molar-refractivity contribution in [3.63, 3.8) is 0 Å². The van der Waals surface area contributed by atoms with Crippen LogP contribution in [0.25, 0.3) is 0 Å². The molecule has 1 aromatic rings. The number of hydrogen-bond acceptors (Lipinski definition) is 5. The molecule has 0 radical (unpaired) electrons. The van der Waals surface area contributed by atoms with Crippen LogP contribution in [-0.4, -0.2) is 31.1 Å². The highest BCUT2D eigenvalue weighted by molar-refractivity contribution is 6.33. The van der Waals surface area contributed by atoms with E-state index in [9.17, 15) is 14.4 Å². The zero-order valence-corrected chi connectivity index (χ0v) is 11.7. The van der Waals surface area contributed by atoms with Crippen LogP contribution in [0.4, 0.5) is 10.5 Å². The number of benzene rings is 1. The molecule has 0 heterocycles. The molecule has 0 saturated heterocycles. The Kier molecular flexibility index (Phi) is 5.33. The second-order valence-electron chi connectivity index (χ2n) is 3.86. The molecule has 1 aromatic carbocycles. The topological polar surface area (TPSA) is 111 Å². The Balaban J connectivity index is 2.72. The van der Waals surface area contributed by atoms with Gasteiger partial charge < -0.3 is 15.8 Å². The van der Waals surface area contributed by atoms with Crippen LogP contribution in [0.2, 0.25) is 5.02 Å². The van der Waals surface area contributed by atoms with E-state index in [1.165, 1.54) is 32.2 Å². The number of anilines is 1. The maximum absolute atomic E-state index is 11.8. The van der Waals surface area contributed by atoms with Gasteiger partial charge in [-0.3, -0.25) is 10.1 Å². The third-order valence-electron chi connectivity index (χ3n) is 2.33. The number of amides is 3. The van der Waals surface area contributed by atoms with Crippen molar-refractivity contribution in [2.45, 2.75) is 13.0 Å². The van der Waals surface area contributed by atoms with Crippen molar-refractivity contribution < 1.29 is 19.1 Å². The van der Waals surface area contributed by atoms with Gasteiger partial charge in [-0.1, -0.05) is 11.6 Å². The lowest BCUT2D eigenvalue weighted by molar-refractivity contribution is -0.127. The van der Waals surface area contributed by atoms with Crippen molar-refractivity contribution in [2.75, 3.05) is 12.8 Å². The number of carbonyl (C=O) groups excluding carboxylic acids is 3.